The molecule has 0 unspecified atom stereocenters. The third-order valence-electron chi connectivity index (χ3n) is 4.83. The van der Waals surface area contributed by atoms with Gasteiger partial charge in [-0.15, -0.1) is 0 Å². The number of amides is 2. The van der Waals surface area contributed by atoms with Gasteiger partial charge in [0.05, 0.1) is 23.7 Å². The number of aryl methyl sites for hydroxylation is 2. The van der Waals surface area contributed by atoms with Crippen molar-refractivity contribution in [2.75, 3.05) is 38.1 Å². The number of nitrogens with one attached hydrogen (secondary N) is 2. The number of hydrogen-bond acceptors (Lipinski definition) is 5. The monoisotopic (exact) mass is 421 g/mol. The Labute approximate surface area is 171 Å². The summed E-state index contributed by atoms with van der Waals surface area (Å²) in [6, 6.07) is 6.97. The van der Waals surface area contributed by atoms with Gasteiger partial charge in [0, 0.05) is 26.2 Å². The number of rotatable bonds is 5. The molecule has 29 heavy (non-hydrogen) atoms. The number of hydrogen-bond donors (Lipinski definition) is 2. The largest absolute Gasteiger partial charge is 0.492 e. The Kier molecular flexibility index (Phi) is 6.43. The van der Waals surface area contributed by atoms with Crippen LogP contribution in [0.5, 0.6) is 5.75 Å². The second kappa shape index (κ2) is 8.83. The van der Waals surface area contributed by atoms with Crippen molar-refractivity contribution in [1.29, 1.82) is 0 Å². The topological polar surface area (TPSA) is 108 Å². The van der Waals surface area contributed by atoms with Crippen molar-refractivity contribution in [3.8, 4) is 5.75 Å². The van der Waals surface area contributed by atoms with Crippen LogP contribution in [0.15, 0.2) is 29.2 Å². The average Bonchev–Trinajstić information content (AvgIpc) is 2.89. The summed E-state index contributed by atoms with van der Waals surface area (Å²) in [7, 11) is -3.66. The van der Waals surface area contributed by atoms with Crippen molar-refractivity contribution in [1.82, 2.24) is 19.4 Å². The van der Waals surface area contributed by atoms with Gasteiger partial charge in [-0.05, 0) is 39.3 Å². The summed E-state index contributed by atoms with van der Waals surface area (Å²) in [5, 5.41) is 9.59. The van der Waals surface area contributed by atoms with Crippen LogP contribution in [0, 0.1) is 13.8 Å². The van der Waals surface area contributed by atoms with Crippen LogP contribution in [0.3, 0.4) is 0 Å². The summed E-state index contributed by atoms with van der Waals surface area (Å²) in [5.74, 6) is 0.605. The minimum absolute atomic E-state index is 0.223. The molecule has 9 nitrogen and oxygen atoms in total. The van der Waals surface area contributed by atoms with Gasteiger partial charge in [-0.1, -0.05) is 12.1 Å². The number of para-hydroxylation sites is 2. The quantitative estimate of drug-likeness (QED) is 0.771. The first-order valence-electron chi connectivity index (χ1n) is 9.64. The fourth-order valence-electron chi connectivity index (χ4n) is 3.43. The number of nitrogens with zero attached hydrogens (tertiary/aromatic N) is 3. The lowest BCUT2D eigenvalue weighted by atomic mass is 10.3. The summed E-state index contributed by atoms with van der Waals surface area (Å²) in [6.45, 7) is 7.10. The number of aromatic amines is 1. The van der Waals surface area contributed by atoms with E-state index >= 15 is 0 Å². The zero-order valence-corrected chi connectivity index (χ0v) is 17.8. The van der Waals surface area contributed by atoms with Gasteiger partial charge < -0.3 is 15.0 Å². The average molecular weight is 422 g/mol. The molecule has 0 atom stereocenters. The van der Waals surface area contributed by atoms with E-state index in [1.54, 1.807) is 30.9 Å². The molecule has 2 aromatic rings. The number of benzene rings is 1. The van der Waals surface area contributed by atoms with Gasteiger partial charge in [0.1, 0.15) is 10.6 Å². The van der Waals surface area contributed by atoms with Crippen molar-refractivity contribution in [2.24, 2.45) is 0 Å². The van der Waals surface area contributed by atoms with E-state index in [0.717, 1.165) is 0 Å². The molecule has 2 amide bonds. The molecule has 2 N–H and O–H groups in total. The van der Waals surface area contributed by atoms with Gasteiger partial charge in [0.25, 0.3) is 0 Å². The molecule has 1 saturated heterocycles. The molecule has 1 aliphatic rings. The molecule has 2 heterocycles. The van der Waals surface area contributed by atoms with Gasteiger partial charge in [-0.2, -0.15) is 9.40 Å². The summed E-state index contributed by atoms with van der Waals surface area (Å²) < 4.78 is 33.1. The molecule has 1 aliphatic heterocycles. The molecule has 158 valence electrons. The summed E-state index contributed by atoms with van der Waals surface area (Å²) >= 11 is 0. The van der Waals surface area contributed by atoms with Crippen LogP contribution < -0.4 is 10.1 Å². The maximum absolute atomic E-state index is 13.1. The Balaban J connectivity index is 1.69. The number of anilines is 1. The zero-order valence-electron chi connectivity index (χ0n) is 16.9. The highest BCUT2D eigenvalue weighted by Gasteiger charge is 2.32. The smallest absolute Gasteiger partial charge is 0.321 e. The maximum atomic E-state index is 13.1. The fraction of sp³-hybridized carbons (Fsp3) is 0.474. The van der Waals surface area contributed by atoms with Crippen LogP contribution in [0.4, 0.5) is 10.5 Å². The molecule has 10 heteroatoms. The number of carbonyl (C=O) groups is 1. The SMILES string of the molecule is CCOc1ccccc1NC(=O)N1CCCN(S(=O)(=O)c2c(C)n[nH]c2C)CC1. The van der Waals surface area contributed by atoms with Crippen LogP contribution >= 0.6 is 0 Å². The number of carbonyl (C=O) groups excluding carboxylic acids is 1. The van der Waals surface area contributed by atoms with Gasteiger partial charge >= 0.3 is 6.03 Å². The third-order valence-corrected chi connectivity index (χ3v) is 6.99. The van der Waals surface area contributed by atoms with E-state index in [9.17, 15) is 13.2 Å². The predicted octanol–water partition coefficient (Wildman–Crippen LogP) is 2.35. The predicted molar refractivity (Wildman–Crippen MR) is 110 cm³/mol. The van der Waals surface area contributed by atoms with E-state index in [0.29, 0.717) is 55.5 Å². The minimum atomic E-state index is -3.66. The Morgan fingerprint density at radius 3 is 2.66 bits per heavy atom. The van der Waals surface area contributed by atoms with E-state index in [1.165, 1.54) is 4.31 Å². The summed E-state index contributed by atoms with van der Waals surface area (Å²) in [5.41, 5.74) is 1.57. The van der Waals surface area contributed by atoms with Crippen LogP contribution in [0.1, 0.15) is 24.7 Å². The highest BCUT2D eigenvalue weighted by molar-refractivity contribution is 7.89. The second-order valence-corrected chi connectivity index (χ2v) is 8.74. The summed E-state index contributed by atoms with van der Waals surface area (Å²) in [6.07, 6.45) is 0.551. The first-order valence-corrected chi connectivity index (χ1v) is 11.1. The Morgan fingerprint density at radius 1 is 1.21 bits per heavy atom. The second-order valence-electron chi connectivity index (χ2n) is 6.87. The standard InChI is InChI=1S/C19H27N5O4S/c1-4-28-17-9-6-5-8-16(17)20-19(25)23-10-7-11-24(13-12-23)29(26,27)18-14(2)21-22-15(18)3/h5-6,8-9H,4,7,10-13H2,1-3H3,(H,20,25)(H,21,22). The van der Waals surface area contributed by atoms with Crippen molar-refractivity contribution >= 4 is 21.7 Å². The number of ether oxygens (including phenoxy) is 1. The first kappa shape index (κ1) is 21.1. The fourth-order valence-corrected chi connectivity index (χ4v) is 5.23. The normalized spacial score (nSPS) is 15.8. The molecule has 0 radical (unpaired) electrons. The van der Waals surface area contributed by atoms with Crippen molar-refractivity contribution < 1.29 is 17.9 Å². The lowest BCUT2D eigenvalue weighted by Crippen LogP contribution is -2.39. The molecule has 0 saturated carbocycles. The van der Waals surface area contributed by atoms with E-state index in [1.807, 2.05) is 19.1 Å². The Morgan fingerprint density at radius 2 is 1.97 bits per heavy atom. The van der Waals surface area contributed by atoms with Crippen LogP contribution in [0.25, 0.3) is 0 Å². The van der Waals surface area contributed by atoms with Crippen LogP contribution in [-0.2, 0) is 10.0 Å². The van der Waals surface area contributed by atoms with Crippen molar-refractivity contribution in [3.05, 3.63) is 35.7 Å². The molecular formula is C19H27N5O4S. The molecule has 0 bridgehead atoms. The zero-order chi connectivity index (χ0) is 21.0. The van der Waals surface area contributed by atoms with Crippen molar-refractivity contribution in [3.63, 3.8) is 0 Å². The lowest BCUT2D eigenvalue weighted by Gasteiger charge is -2.23. The number of aromatic nitrogens is 2. The molecule has 3 rings (SSSR count). The highest BCUT2D eigenvalue weighted by atomic mass is 32.2. The minimum Gasteiger partial charge on any atom is -0.492 e. The number of urea groups is 1. The number of H-pyrrole nitrogens is 1. The van der Waals surface area contributed by atoms with E-state index < -0.39 is 10.0 Å². The van der Waals surface area contributed by atoms with Gasteiger partial charge in [-0.25, -0.2) is 13.2 Å². The molecule has 0 spiro atoms. The molecule has 0 aliphatic carbocycles. The Bertz CT molecular complexity index is 953. The van der Waals surface area contributed by atoms with Crippen LogP contribution in [0.2, 0.25) is 0 Å². The lowest BCUT2D eigenvalue weighted by molar-refractivity contribution is 0.214. The highest BCUT2D eigenvalue weighted by Crippen LogP contribution is 2.25. The van der Waals surface area contributed by atoms with E-state index in [2.05, 4.69) is 15.5 Å². The van der Waals surface area contributed by atoms with Gasteiger partial charge in [0.15, 0.2) is 0 Å². The third kappa shape index (κ3) is 4.54. The van der Waals surface area contributed by atoms with Gasteiger partial charge in [-0.3, -0.25) is 5.10 Å². The van der Waals surface area contributed by atoms with Gasteiger partial charge in [0.2, 0.25) is 10.0 Å². The number of sulfonamides is 1. The molecule has 1 aromatic carbocycles. The molecule has 1 aromatic heterocycles. The first-order chi connectivity index (χ1) is 13.8. The Hall–Kier alpha value is -2.59. The molecule has 1 fully saturated rings. The van der Waals surface area contributed by atoms with E-state index in [4.69, 9.17) is 4.74 Å². The van der Waals surface area contributed by atoms with Crippen molar-refractivity contribution in [2.45, 2.75) is 32.1 Å². The molecular weight excluding hydrogens is 394 g/mol. The van der Waals surface area contributed by atoms with Crippen LogP contribution in [-0.4, -0.2) is 66.6 Å². The summed E-state index contributed by atoms with van der Waals surface area (Å²) in [4.78, 5) is 14.6. The maximum Gasteiger partial charge on any atom is 0.321 e. The van der Waals surface area contributed by atoms with E-state index in [-0.39, 0.29) is 17.5 Å².